The first-order valence-corrected chi connectivity index (χ1v) is 13.3. The van der Waals surface area contributed by atoms with Gasteiger partial charge in [0.25, 0.3) is 5.91 Å². The minimum atomic E-state index is 0.0487. The highest BCUT2D eigenvalue weighted by Gasteiger charge is 2.42. The second-order valence-corrected chi connectivity index (χ2v) is 10.8. The standard InChI is InChI=1S/C24H23Cl2N3OS2/c1-2-28-18-13-6-7-14-19(18)31-23(28)21-22(30)29(15-9-4-3-5-10-15)24(32-21)27-17-12-8-11-16(25)20(17)26/h6-8,11-15H,2-5,9-10H2,1H3. The SMILES string of the molecule is CCN1C(=C2SC(=Nc3cccc(Cl)c3Cl)N(C3CCCCC3)C2=O)Sc2ccccc21. The second kappa shape index (κ2) is 9.34. The van der Waals surface area contributed by atoms with Crippen LogP contribution in [0.1, 0.15) is 39.0 Å². The third kappa shape index (κ3) is 3.96. The normalized spacial score (nSPS) is 22.8. The molecule has 1 saturated carbocycles. The first kappa shape index (κ1) is 22.2. The summed E-state index contributed by atoms with van der Waals surface area (Å²) in [6, 6.07) is 13.9. The van der Waals surface area contributed by atoms with Gasteiger partial charge < -0.3 is 4.90 Å². The minimum Gasteiger partial charge on any atom is -0.334 e. The summed E-state index contributed by atoms with van der Waals surface area (Å²) in [5.74, 6) is 0.0487. The number of fused-ring (bicyclic) bond motifs is 1. The third-order valence-electron chi connectivity index (χ3n) is 6.02. The molecule has 166 valence electrons. The van der Waals surface area contributed by atoms with E-state index in [0.29, 0.717) is 20.9 Å². The monoisotopic (exact) mass is 503 g/mol. The molecule has 0 aromatic heterocycles. The highest BCUT2D eigenvalue weighted by Crippen LogP contribution is 2.51. The zero-order chi connectivity index (χ0) is 22.2. The van der Waals surface area contributed by atoms with Gasteiger partial charge in [-0.3, -0.25) is 9.69 Å². The van der Waals surface area contributed by atoms with Crippen molar-refractivity contribution in [1.82, 2.24) is 4.90 Å². The molecule has 2 fully saturated rings. The number of aliphatic imine (C=N–C) groups is 1. The molecule has 1 saturated heterocycles. The number of rotatable bonds is 3. The molecular formula is C24H23Cl2N3OS2. The van der Waals surface area contributed by atoms with Gasteiger partial charge in [0.1, 0.15) is 9.93 Å². The summed E-state index contributed by atoms with van der Waals surface area (Å²) in [4.78, 5) is 24.8. The molecule has 8 heteroatoms. The summed E-state index contributed by atoms with van der Waals surface area (Å²) in [5, 5.41) is 2.56. The highest BCUT2D eigenvalue weighted by molar-refractivity contribution is 8.19. The Morgan fingerprint density at radius 3 is 2.59 bits per heavy atom. The number of amides is 1. The molecule has 0 radical (unpaired) electrons. The quantitative estimate of drug-likeness (QED) is 0.402. The molecule has 1 amide bonds. The molecule has 5 rings (SSSR count). The number of carbonyl (C=O) groups is 1. The zero-order valence-corrected chi connectivity index (χ0v) is 20.8. The van der Waals surface area contributed by atoms with Gasteiger partial charge in [0.15, 0.2) is 5.17 Å². The minimum absolute atomic E-state index is 0.0487. The molecule has 0 bridgehead atoms. The van der Waals surface area contributed by atoms with E-state index in [4.69, 9.17) is 28.2 Å². The molecular weight excluding hydrogens is 481 g/mol. The van der Waals surface area contributed by atoms with Gasteiger partial charge in [-0.2, -0.15) is 0 Å². The van der Waals surface area contributed by atoms with Gasteiger partial charge in [0.2, 0.25) is 0 Å². The van der Waals surface area contributed by atoms with Crippen LogP contribution in [0.2, 0.25) is 10.0 Å². The number of hydrogen-bond acceptors (Lipinski definition) is 5. The number of nitrogens with zero attached hydrogens (tertiary/aromatic N) is 3. The molecule has 2 aliphatic heterocycles. The Balaban J connectivity index is 1.59. The highest BCUT2D eigenvalue weighted by atomic mass is 35.5. The lowest BCUT2D eigenvalue weighted by molar-refractivity contribution is -0.124. The van der Waals surface area contributed by atoms with Crippen molar-refractivity contribution in [3.05, 3.63) is 62.4 Å². The zero-order valence-electron chi connectivity index (χ0n) is 17.7. The average Bonchev–Trinajstić information content (AvgIpc) is 3.34. The lowest BCUT2D eigenvalue weighted by Crippen LogP contribution is -2.40. The first-order chi connectivity index (χ1) is 15.6. The van der Waals surface area contributed by atoms with Crippen LogP contribution in [-0.2, 0) is 4.79 Å². The number of halogens is 2. The van der Waals surface area contributed by atoms with Crippen LogP contribution in [0.4, 0.5) is 11.4 Å². The van der Waals surface area contributed by atoms with E-state index >= 15 is 0 Å². The maximum absolute atomic E-state index is 13.8. The van der Waals surface area contributed by atoms with Gasteiger partial charge in [-0.05, 0) is 55.8 Å². The maximum atomic E-state index is 13.8. The summed E-state index contributed by atoms with van der Waals surface area (Å²) in [6.45, 7) is 2.92. The smallest absolute Gasteiger partial charge is 0.269 e. The molecule has 3 aliphatic rings. The van der Waals surface area contributed by atoms with Crippen LogP contribution in [0.15, 0.2) is 62.3 Å². The fourth-order valence-electron chi connectivity index (χ4n) is 4.45. The van der Waals surface area contributed by atoms with Crippen LogP contribution in [0.3, 0.4) is 0 Å². The average molecular weight is 505 g/mol. The van der Waals surface area contributed by atoms with Crippen molar-refractivity contribution in [1.29, 1.82) is 0 Å². The molecule has 2 aromatic carbocycles. The summed E-state index contributed by atoms with van der Waals surface area (Å²) >= 11 is 15.8. The van der Waals surface area contributed by atoms with E-state index in [9.17, 15) is 4.79 Å². The van der Waals surface area contributed by atoms with Crippen molar-refractivity contribution in [2.45, 2.75) is 50.0 Å². The van der Waals surface area contributed by atoms with Crippen molar-refractivity contribution in [2.75, 3.05) is 11.4 Å². The van der Waals surface area contributed by atoms with Gasteiger partial charge in [-0.25, -0.2) is 4.99 Å². The van der Waals surface area contributed by atoms with Crippen LogP contribution < -0.4 is 4.90 Å². The van der Waals surface area contributed by atoms with Crippen molar-refractivity contribution in [2.24, 2.45) is 4.99 Å². The fraction of sp³-hybridized carbons (Fsp3) is 0.333. The Labute approximate surface area is 207 Å². The van der Waals surface area contributed by atoms with Crippen LogP contribution >= 0.6 is 46.7 Å². The van der Waals surface area contributed by atoms with Crippen molar-refractivity contribution in [3.8, 4) is 0 Å². The largest absolute Gasteiger partial charge is 0.334 e. The second-order valence-electron chi connectivity index (χ2n) is 7.98. The van der Waals surface area contributed by atoms with Crippen LogP contribution in [-0.4, -0.2) is 28.6 Å². The molecule has 4 nitrogen and oxygen atoms in total. The Morgan fingerprint density at radius 2 is 1.81 bits per heavy atom. The summed E-state index contributed by atoms with van der Waals surface area (Å²) < 4.78 is 0. The van der Waals surface area contributed by atoms with Crippen LogP contribution in [0.25, 0.3) is 0 Å². The summed E-state index contributed by atoms with van der Waals surface area (Å²) in [6.07, 6.45) is 5.50. The molecule has 2 heterocycles. The lowest BCUT2D eigenvalue weighted by atomic mass is 9.94. The molecule has 0 unspecified atom stereocenters. The van der Waals surface area contributed by atoms with Crippen LogP contribution in [0.5, 0.6) is 0 Å². The number of benzene rings is 2. The van der Waals surface area contributed by atoms with Crippen molar-refractivity contribution < 1.29 is 4.79 Å². The van der Waals surface area contributed by atoms with Crippen molar-refractivity contribution in [3.63, 3.8) is 0 Å². The van der Waals surface area contributed by atoms with Crippen LogP contribution in [0, 0.1) is 0 Å². The predicted octanol–water partition coefficient (Wildman–Crippen LogP) is 7.69. The number of thioether (sulfide) groups is 2. The Hall–Kier alpha value is -1.60. The molecule has 0 atom stereocenters. The van der Waals surface area contributed by atoms with E-state index in [0.717, 1.165) is 47.8 Å². The molecule has 0 spiro atoms. The van der Waals surface area contributed by atoms with Gasteiger partial charge in [0.05, 0.1) is 21.4 Å². The van der Waals surface area contributed by atoms with E-state index in [1.54, 1.807) is 17.8 Å². The van der Waals surface area contributed by atoms with E-state index in [2.05, 4.69) is 24.0 Å². The maximum Gasteiger partial charge on any atom is 0.269 e. The number of amidine groups is 1. The number of para-hydroxylation sites is 1. The first-order valence-electron chi connectivity index (χ1n) is 10.9. The molecule has 1 aliphatic carbocycles. The summed E-state index contributed by atoms with van der Waals surface area (Å²) in [7, 11) is 0. The van der Waals surface area contributed by atoms with E-state index < -0.39 is 0 Å². The van der Waals surface area contributed by atoms with Gasteiger partial charge >= 0.3 is 0 Å². The van der Waals surface area contributed by atoms with E-state index in [-0.39, 0.29) is 11.9 Å². The Bertz CT molecular complexity index is 1130. The third-order valence-corrected chi connectivity index (χ3v) is 9.18. The predicted molar refractivity (Wildman–Crippen MR) is 137 cm³/mol. The van der Waals surface area contributed by atoms with E-state index in [1.165, 1.54) is 23.1 Å². The Morgan fingerprint density at radius 1 is 1.03 bits per heavy atom. The van der Waals surface area contributed by atoms with E-state index in [1.807, 2.05) is 29.2 Å². The van der Waals surface area contributed by atoms with Gasteiger partial charge in [0, 0.05) is 17.5 Å². The summed E-state index contributed by atoms with van der Waals surface area (Å²) in [5.41, 5.74) is 1.75. The fourth-order valence-corrected chi connectivity index (χ4v) is 7.24. The Kier molecular flexibility index (Phi) is 6.48. The van der Waals surface area contributed by atoms with Gasteiger partial charge in [-0.1, -0.05) is 72.4 Å². The number of carbonyl (C=O) groups excluding carboxylic acids is 1. The number of hydrogen-bond donors (Lipinski definition) is 0. The molecule has 32 heavy (non-hydrogen) atoms. The van der Waals surface area contributed by atoms with Gasteiger partial charge in [-0.15, -0.1) is 0 Å². The lowest BCUT2D eigenvalue weighted by Gasteiger charge is -2.30. The molecule has 0 N–H and O–H groups in total. The molecule has 2 aromatic rings. The topological polar surface area (TPSA) is 35.9 Å². The number of anilines is 1. The van der Waals surface area contributed by atoms with Crippen molar-refractivity contribution >= 4 is 69.2 Å².